The average molecular weight is 225 g/mol. The Balaban J connectivity index is 2.78. The molecule has 1 atom stereocenters. The summed E-state index contributed by atoms with van der Waals surface area (Å²) in [6.45, 7) is 2.59. The van der Waals surface area contributed by atoms with Crippen molar-refractivity contribution >= 4 is 5.97 Å². The van der Waals surface area contributed by atoms with Crippen molar-refractivity contribution < 1.29 is 14.3 Å². The van der Waals surface area contributed by atoms with Crippen molar-refractivity contribution in [3.05, 3.63) is 35.6 Å². The number of hydrogen-bond acceptors (Lipinski definition) is 2. The summed E-state index contributed by atoms with van der Waals surface area (Å²) < 4.78 is 13.4. The molecule has 0 bridgehead atoms. The number of benzene rings is 1. The van der Waals surface area contributed by atoms with Gasteiger partial charge in [-0.05, 0) is 19.0 Å². The van der Waals surface area contributed by atoms with Gasteiger partial charge in [-0.1, -0.05) is 31.5 Å². The Morgan fingerprint density at radius 2 is 2.19 bits per heavy atom. The number of unbranched alkanes of at least 4 members (excludes halogenated alkanes) is 1. The average Bonchev–Trinajstić information content (AvgIpc) is 2.25. The van der Waals surface area contributed by atoms with Crippen LogP contribution >= 0.6 is 0 Å². The van der Waals surface area contributed by atoms with Gasteiger partial charge in [0.2, 0.25) is 0 Å². The molecule has 1 aromatic rings. The van der Waals surface area contributed by atoms with Crippen LogP contribution in [0.4, 0.5) is 4.39 Å². The van der Waals surface area contributed by atoms with E-state index in [1.54, 1.807) is 12.1 Å². The van der Waals surface area contributed by atoms with Crippen molar-refractivity contribution in [3.63, 3.8) is 0 Å². The zero-order valence-corrected chi connectivity index (χ0v) is 9.24. The zero-order valence-electron chi connectivity index (χ0n) is 9.24. The third-order valence-electron chi connectivity index (χ3n) is 2.34. The summed E-state index contributed by atoms with van der Waals surface area (Å²) in [7, 11) is 0. The first-order chi connectivity index (χ1) is 7.66. The Labute approximate surface area is 94.3 Å². The lowest BCUT2D eigenvalue weighted by Crippen LogP contribution is -2.30. The summed E-state index contributed by atoms with van der Waals surface area (Å²) in [4.78, 5) is 11.0. The molecule has 0 radical (unpaired) electrons. The van der Waals surface area contributed by atoms with Gasteiger partial charge in [-0.2, -0.15) is 0 Å². The number of carbonyl (C=O) groups is 1. The Morgan fingerprint density at radius 1 is 1.50 bits per heavy atom. The molecule has 0 saturated carbocycles. The van der Waals surface area contributed by atoms with Gasteiger partial charge >= 0.3 is 5.97 Å². The molecule has 16 heavy (non-hydrogen) atoms. The van der Waals surface area contributed by atoms with Gasteiger partial charge in [0.15, 0.2) is 0 Å². The van der Waals surface area contributed by atoms with Gasteiger partial charge in [-0.3, -0.25) is 4.79 Å². The minimum absolute atomic E-state index is 0.186. The molecule has 3 nitrogen and oxygen atoms in total. The Kier molecular flexibility index (Phi) is 4.92. The van der Waals surface area contributed by atoms with E-state index in [-0.39, 0.29) is 5.56 Å². The molecular formula is C12H16FNO2. The normalized spacial score (nSPS) is 12.4. The van der Waals surface area contributed by atoms with Gasteiger partial charge in [-0.15, -0.1) is 0 Å². The number of halogens is 1. The molecule has 0 spiro atoms. The monoisotopic (exact) mass is 225 g/mol. The van der Waals surface area contributed by atoms with Crippen LogP contribution in [0.15, 0.2) is 24.3 Å². The first-order valence-electron chi connectivity index (χ1n) is 5.37. The molecule has 1 rings (SSSR count). The molecule has 4 heteroatoms. The van der Waals surface area contributed by atoms with E-state index in [0.29, 0.717) is 6.54 Å². The first-order valence-corrected chi connectivity index (χ1v) is 5.37. The molecule has 0 amide bonds. The molecule has 0 aliphatic heterocycles. The highest BCUT2D eigenvalue weighted by Gasteiger charge is 2.21. The highest BCUT2D eigenvalue weighted by Crippen LogP contribution is 2.16. The lowest BCUT2D eigenvalue weighted by atomic mass is 10.1. The van der Waals surface area contributed by atoms with Crippen LogP contribution in [0.25, 0.3) is 0 Å². The Hall–Kier alpha value is -1.42. The van der Waals surface area contributed by atoms with Crippen LogP contribution in [0.2, 0.25) is 0 Å². The van der Waals surface area contributed by atoms with E-state index in [4.69, 9.17) is 5.11 Å². The summed E-state index contributed by atoms with van der Waals surface area (Å²) in [5.41, 5.74) is 0.186. The lowest BCUT2D eigenvalue weighted by molar-refractivity contribution is -0.139. The molecule has 1 aromatic carbocycles. The Morgan fingerprint density at radius 3 is 2.75 bits per heavy atom. The lowest BCUT2D eigenvalue weighted by Gasteiger charge is -2.15. The van der Waals surface area contributed by atoms with Crippen LogP contribution in [0, 0.1) is 5.82 Å². The van der Waals surface area contributed by atoms with E-state index in [1.165, 1.54) is 12.1 Å². The number of rotatable bonds is 6. The van der Waals surface area contributed by atoms with Crippen LogP contribution in [-0.2, 0) is 4.79 Å². The van der Waals surface area contributed by atoms with Gasteiger partial charge < -0.3 is 10.4 Å². The third kappa shape index (κ3) is 3.31. The largest absolute Gasteiger partial charge is 0.480 e. The third-order valence-corrected chi connectivity index (χ3v) is 2.34. The summed E-state index contributed by atoms with van der Waals surface area (Å²) in [6, 6.07) is 4.98. The quantitative estimate of drug-likeness (QED) is 0.730. The van der Waals surface area contributed by atoms with Crippen molar-refractivity contribution in [2.45, 2.75) is 25.8 Å². The van der Waals surface area contributed by atoms with Crippen LogP contribution in [-0.4, -0.2) is 17.6 Å². The first kappa shape index (κ1) is 12.6. The molecule has 0 aliphatic carbocycles. The van der Waals surface area contributed by atoms with Crippen molar-refractivity contribution in [3.8, 4) is 0 Å². The number of nitrogens with one attached hydrogen (secondary N) is 1. The number of carboxylic acid groups (broad SMARTS) is 1. The van der Waals surface area contributed by atoms with Gasteiger partial charge in [0.25, 0.3) is 0 Å². The van der Waals surface area contributed by atoms with Crippen molar-refractivity contribution in [1.82, 2.24) is 5.32 Å². The van der Waals surface area contributed by atoms with Gasteiger partial charge in [0.1, 0.15) is 11.9 Å². The SMILES string of the molecule is CCCCNC(C(=O)O)c1ccccc1F. The second kappa shape index (κ2) is 6.23. The van der Waals surface area contributed by atoms with E-state index < -0.39 is 17.8 Å². The fraction of sp³-hybridized carbons (Fsp3) is 0.417. The smallest absolute Gasteiger partial charge is 0.325 e. The van der Waals surface area contributed by atoms with Crippen LogP contribution in [0.3, 0.4) is 0 Å². The maximum atomic E-state index is 13.4. The maximum Gasteiger partial charge on any atom is 0.325 e. The van der Waals surface area contributed by atoms with Gasteiger partial charge in [0.05, 0.1) is 0 Å². The predicted octanol–water partition coefficient (Wildman–Crippen LogP) is 2.34. The molecule has 0 aliphatic rings. The molecule has 88 valence electrons. The van der Waals surface area contributed by atoms with Crippen molar-refractivity contribution in [2.75, 3.05) is 6.54 Å². The molecule has 0 fully saturated rings. The molecular weight excluding hydrogens is 209 g/mol. The minimum atomic E-state index is -1.05. The summed E-state index contributed by atoms with van der Waals surface area (Å²) in [5, 5.41) is 11.9. The van der Waals surface area contributed by atoms with Crippen molar-refractivity contribution in [1.29, 1.82) is 0 Å². The number of hydrogen-bond donors (Lipinski definition) is 2. The predicted molar refractivity (Wildman–Crippen MR) is 59.7 cm³/mol. The minimum Gasteiger partial charge on any atom is -0.480 e. The van der Waals surface area contributed by atoms with E-state index in [9.17, 15) is 9.18 Å². The van der Waals surface area contributed by atoms with Crippen LogP contribution in [0.5, 0.6) is 0 Å². The Bertz CT molecular complexity index is 355. The van der Waals surface area contributed by atoms with E-state index in [1.807, 2.05) is 6.92 Å². The standard InChI is InChI=1S/C12H16FNO2/c1-2-3-8-14-11(12(15)16)9-6-4-5-7-10(9)13/h4-7,11,14H,2-3,8H2,1H3,(H,15,16). The summed E-state index contributed by atoms with van der Waals surface area (Å²) in [5.74, 6) is -1.54. The van der Waals surface area contributed by atoms with Crippen molar-refractivity contribution in [2.24, 2.45) is 0 Å². The van der Waals surface area contributed by atoms with E-state index in [0.717, 1.165) is 12.8 Å². The summed E-state index contributed by atoms with van der Waals surface area (Å²) >= 11 is 0. The fourth-order valence-electron chi connectivity index (χ4n) is 1.46. The summed E-state index contributed by atoms with van der Waals surface area (Å²) in [6.07, 6.45) is 1.84. The zero-order chi connectivity index (χ0) is 12.0. The highest BCUT2D eigenvalue weighted by molar-refractivity contribution is 5.75. The highest BCUT2D eigenvalue weighted by atomic mass is 19.1. The van der Waals surface area contributed by atoms with E-state index in [2.05, 4.69) is 5.32 Å². The van der Waals surface area contributed by atoms with E-state index >= 15 is 0 Å². The molecule has 2 N–H and O–H groups in total. The fourth-order valence-corrected chi connectivity index (χ4v) is 1.46. The second-order valence-corrected chi connectivity index (χ2v) is 3.60. The molecule has 0 saturated heterocycles. The van der Waals surface area contributed by atoms with Crippen LogP contribution in [0.1, 0.15) is 31.4 Å². The number of aliphatic carboxylic acids is 1. The molecule has 0 aromatic heterocycles. The molecule has 1 unspecified atom stereocenters. The maximum absolute atomic E-state index is 13.4. The topological polar surface area (TPSA) is 49.3 Å². The van der Waals surface area contributed by atoms with Gasteiger partial charge in [0, 0.05) is 5.56 Å². The van der Waals surface area contributed by atoms with Gasteiger partial charge in [-0.25, -0.2) is 4.39 Å². The second-order valence-electron chi connectivity index (χ2n) is 3.60. The molecule has 0 heterocycles. The van der Waals surface area contributed by atoms with Crippen LogP contribution < -0.4 is 5.32 Å². The number of carboxylic acids is 1.